The molecule has 0 aromatic heterocycles. The van der Waals surface area contributed by atoms with E-state index in [1.54, 1.807) is 0 Å². The summed E-state index contributed by atoms with van der Waals surface area (Å²) in [4.78, 5) is 12.4. The van der Waals surface area contributed by atoms with Crippen molar-refractivity contribution in [1.29, 1.82) is 0 Å². The van der Waals surface area contributed by atoms with Crippen LogP contribution in [0.2, 0.25) is 0 Å². The van der Waals surface area contributed by atoms with Gasteiger partial charge in [-0.2, -0.15) is 0 Å². The maximum absolute atomic E-state index is 12.4. The lowest BCUT2D eigenvalue weighted by Crippen LogP contribution is -2.38. The summed E-state index contributed by atoms with van der Waals surface area (Å²) < 4.78 is 0. The largest absolute Gasteiger partial charge is 0.349 e. The zero-order chi connectivity index (χ0) is 13.2. The highest BCUT2D eigenvalue weighted by molar-refractivity contribution is 5.80. The van der Waals surface area contributed by atoms with Crippen LogP contribution in [0.5, 0.6) is 0 Å². The first kappa shape index (κ1) is 12.7. The first-order chi connectivity index (χ1) is 9.25. The summed E-state index contributed by atoms with van der Waals surface area (Å²) in [6, 6.07) is 8.73. The van der Waals surface area contributed by atoms with Gasteiger partial charge in [-0.15, -0.1) is 0 Å². The standard InChI is InChI=1S/C16H22N2O/c1-11-9-17-10-14(11)16(19)18-15-8-4-6-12-5-2-3-7-13(12)15/h2-3,5,7,11,14-15,17H,4,6,8-10H2,1H3,(H,18,19). The molecule has 3 atom stereocenters. The molecule has 1 aliphatic heterocycles. The fourth-order valence-electron chi connectivity index (χ4n) is 3.34. The topological polar surface area (TPSA) is 41.1 Å². The van der Waals surface area contributed by atoms with Gasteiger partial charge in [-0.05, 0) is 42.9 Å². The van der Waals surface area contributed by atoms with Crippen LogP contribution in [0.15, 0.2) is 24.3 Å². The monoisotopic (exact) mass is 258 g/mol. The molecular weight excluding hydrogens is 236 g/mol. The second-order valence-corrected chi connectivity index (χ2v) is 5.89. The Hall–Kier alpha value is -1.35. The maximum Gasteiger partial charge on any atom is 0.225 e. The van der Waals surface area contributed by atoms with Gasteiger partial charge in [0.15, 0.2) is 0 Å². The predicted octanol–water partition coefficient (Wildman–Crippen LogP) is 2.04. The molecule has 1 aromatic rings. The van der Waals surface area contributed by atoms with Crippen LogP contribution in [0.1, 0.15) is 36.9 Å². The number of fused-ring (bicyclic) bond motifs is 1. The number of carbonyl (C=O) groups excluding carboxylic acids is 1. The quantitative estimate of drug-likeness (QED) is 0.852. The van der Waals surface area contributed by atoms with Crippen LogP contribution in [-0.2, 0) is 11.2 Å². The molecule has 19 heavy (non-hydrogen) atoms. The Morgan fingerprint density at radius 1 is 1.32 bits per heavy atom. The summed E-state index contributed by atoms with van der Waals surface area (Å²) in [6.45, 7) is 3.93. The first-order valence-electron chi connectivity index (χ1n) is 7.34. The SMILES string of the molecule is CC1CNCC1C(=O)NC1CCCc2ccccc21. The van der Waals surface area contributed by atoms with Crippen molar-refractivity contribution < 1.29 is 4.79 Å². The molecule has 0 spiro atoms. The average Bonchev–Trinajstić information content (AvgIpc) is 2.85. The van der Waals surface area contributed by atoms with Gasteiger partial charge in [-0.1, -0.05) is 31.2 Å². The lowest BCUT2D eigenvalue weighted by atomic mass is 9.87. The maximum atomic E-state index is 12.4. The lowest BCUT2D eigenvalue weighted by Gasteiger charge is -2.28. The van der Waals surface area contributed by atoms with Gasteiger partial charge >= 0.3 is 0 Å². The molecule has 3 heteroatoms. The van der Waals surface area contributed by atoms with Crippen molar-refractivity contribution in [3.63, 3.8) is 0 Å². The molecule has 3 unspecified atom stereocenters. The van der Waals surface area contributed by atoms with Crippen molar-refractivity contribution in [1.82, 2.24) is 10.6 Å². The van der Waals surface area contributed by atoms with Gasteiger partial charge < -0.3 is 10.6 Å². The number of benzene rings is 1. The number of nitrogens with one attached hydrogen (secondary N) is 2. The summed E-state index contributed by atoms with van der Waals surface area (Å²) in [5.74, 6) is 0.798. The Bertz CT molecular complexity index is 472. The van der Waals surface area contributed by atoms with Crippen LogP contribution in [0.25, 0.3) is 0 Å². The van der Waals surface area contributed by atoms with Crippen molar-refractivity contribution in [3.8, 4) is 0 Å². The number of amides is 1. The van der Waals surface area contributed by atoms with Gasteiger partial charge in [0, 0.05) is 6.54 Å². The Balaban J connectivity index is 1.72. The van der Waals surface area contributed by atoms with Crippen molar-refractivity contribution in [2.75, 3.05) is 13.1 Å². The van der Waals surface area contributed by atoms with Gasteiger partial charge in [0.1, 0.15) is 0 Å². The highest BCUT2D eigenvalue weighted by atomic mass is 16.2. The summed E-state index contributed by atoms with van der Waals surface area (Å²) in [6.07, 6.45) is 3.38. The molecule has 3 rings (SSSR count). The van der Waals surface area contributed by atoms with Crippen LogP contribution in [-0.4, -0.2) is 19.0 Å². The number of rotatable bonds is 2. The van der Waals surface area contributed by atoms with E-state index < -0.39 is 0 Å². The fourth-order valence-corrected chi connectivity index (χ4v) is 3.34. The van der Waals surface area contributed by atoms with Crippen molar-refractivity contribution >= 4 is 5.91 Å². The zero-order valence-electron chi connectivity index (χ0n) is 11.5. The molecule has 1 aromatic carbocycles. The second-order valence-electron chi connectivity index (χ2n) is 5.89. The molecule has 1 amide bonds. The smallest absolute Gasteiger partial charge is 0.225 e. The second kappa shape index (κ2) is 5.33. The first-order valence-corrected chi connectivity index (χ1v) is 7.34. The third-order valence-electron chi connectivity index (χ3n) is 4.54. The summed E-state index contributed by atoms with van der Waals surface area (Å²) in [5, 5.41) is 6.57. The van der Waals surface area contributed by atoms with Crippen molar-refractivity contribution in [2.45, 2.75) is 32.2 Å². The van der Waals surface area contributed by atoms with Gasteiger partial charge in [-0.3, -0.25) is 4.79 Å². The number of carbonyl (C=O) groups is 1. The molecule has 102 valence electrons. The molecule has 0 bridgehead atoms. The minimum absolute atomic E-state index is 0.133. The Kier molecular flexibility index (Phi) is 3.56. The molecule has 1 saturated heterocycles. The Morgan fingerprint density at radius 3 is 2.95 bits per heavy atom. The van der Waals surface area contributed by atoms with Crippen LogP contribution < -0.4 is 10.6 Å². The highest BCUT2D eigenvalue weighted by Crippen LogP contribution is 2.30. The van der Waals surface area contributed by atoms with E-state index in [0.29, 0.717) is 5.92 Å². The third kappa shape index (κ3) is 2.52. The van der Waals surface area contributed by atoms with E-state index in [-0.39, 0.29) is 17.9 Å². The minimum atomic E-state index is 0.133. The molecule has 1 heterocycles. The molecule has 0 radical (unpaired) electrons. The molecule has 2 aliphatic rings. The summed E-state index contributed by atoms with van der Waals surface area (Å²) in [7, 11) is 0. The van der Waals surface area contributed by atoms with E-state index in [0.717, 1.165) is 25.9 Å². The number of aryl methyl sites for hydroxylation is 1. The van der Waals surface area contributed by atoms with Gasteiger partial charge in [-0.25, -0.2) is 0 Å². The van der Waals surface area contributed by atoms with E-state index in [4.69, 9.17) is 0 Å². The molecule has 3 nitrogen and oxygen atoms in total. The summed E-state index contributed by atoms with van der Waals surface area (Å²) >= 11 is 0. The Labute approximate surface area is 114 Å². The van der Waals surface area contributed by atoms with Crippen molar-refractivity contribution in [2.24, 2.45) is 11.8 Å². The third-order valence-corrected chi connectivity index (χ3v) is 4.54. The number of hydrogen-bond acceptors (Lipinski definition) is 2. The Morgan fingerprint density at radius 2 is 2.16 bits per heavy atom. The van der Waals surface area contributed by atoms with E-state index in [1.165, 1.54) is 17.5 Å². The van der Waals surface area contributed by atoms with Gasteiger partial charge in [0.25, 0.3) is 0 Å². The van der Waals surface area contributed by atoms with E-state index in [1.807, 2.05) is 0 Å². The van der Waals surface area contributed by atoms with Crippen LogP contribution in [0.4, 0.5) is 0 Å². The van der Waals surface area contributed by atoms with E-state index in [9.17, 15) is 4.79 Å². The van der Waals surface area contributed by atoms with E-state index >= 15 is 0 Å². The molecule has 0 saturated carbocycles. The van der Waals surface area contributed by atoms with Crippen LogP contribution in [0.3, 0.4) is 0 Å². The predicted molar refractivity (Wildman–Crippen MR) is 75.8 cm³/mol. The fraction of sp³-hybridized carbons (Fsp3) is 0.562. The van der Waals surface area contributed by atoms with Crippen LogP contribution in [0, 0.1) is 11.8 Å². The number of hydrogen-bond donors (Lipinski definition) is 2. The normalized spacial score (nSPS) is 29.8. The molecular formula is C16H22N2O. The minimum Gasteiger partial charge on any atom is -0.349 e. The molecule has 1 aliphatic carbocycles. The molecule has 1 fully saturated rings. The van der Waals surface area contributed by atoms with Gasteiger partial charge in [0.05, 0.1) is 12.0 Å². The highest BCUT2D eigenvalue weighted by Gasteiger charge is 2.31. The average molecular weight is 258 g/mol. The van der Waals surface area contributed by atoms with Crippen molar-refractivity contribution in [3.05, 3.63) is 35.4 Å². The van der Waals surface area contributed by atoms with Crippen LogP contribution >= 0.6 is 0 Å². The lowest BCUT2D eigenvalue weighted by molar-refractivity contribution is -0.126. The summed E-state index contributed by atoms with van der Waals surface area (Å²) in [5.41, 5.74) is 2.72. The van der Waals surface area contributed by atoms with E-state index in [2.05, 4.69) is 41.8 Å². The zero-order valence-corrected chi connectivity index (χ0v) is 11.5. The van der Waals surface area contributed by atoms with Gasteiger partial charge in [0.2, 0.25) is 5.91 Å². The molecule has 2 N–H and O–H groups in total.